The zero-order chi connectivity index (χ0) is 37.2. The van der Waals surface area contributed by atoms with Crippen molar-refractivity contribution in [1.29, 1.82) is 0 Å². The van der Waals surface area contributed by atoms with Crippen LogP contribution in [-0.2, 0) is 42.7 Å². The highest BCUT2D eigenvalue weighted by Crippen LogP contribution is 2.34. The molecule has 2 amide bonds. The summed E-state index contributed by atoms with van der Waals surface area (Å²) in [4.78, 5) is 24.2. The van der Waals surface area contributed by atoms with E-state index >= 15 is 0 Å². The van der Waals surface area contributed by atoms with Crippen LogP contribution in [0.4, 0.5) is 0 Å². The lowest BCUT2D eigenvalue weighted by Gasteiger charge is -2.50. The average molecular weight is 733 g/mol. The van der Waals surface area contributed by atoms with Crippen LogP contribution in [0.2, 0.25) is 0 Å². The summed E-state index contributed by atoms with van der Waals surface area (Å²) in [5, 5.41) is 120. The Balaban J connectivity index is 1.63. The Hall–Kier alpha value is -1.78. The SMILES string of the molecule is CC(=O)N[C@H]1[C@H](O[C@H]2[C@@H](O)[C@@H](CO)O[C@@H](O[C@H]3[C@@H](O)[C@@H](CO)OC(O)[C@@H]3NC(C)=O)[C@@H]2O)O[C@H](CO)[C@@H](O)[C@@H]1O[C@@H]1O[C@@H](C)[C@@H](O)[C@@H](O)[C@@H]1O. The average Bonchev–Trinajstić information content (AvgIpc) is 3.06. The molecule has 4 aliphatic heterocycles. The number of carbonyl (C=O) groups excluding carboxylic acids is 2. The number of rotatable bonds is 11. The van der Waals surface area contributed by atoms with E-state index in [1.165, 1.54) is 6.92 Å². The highest BCUT2D eigenvalue weighted by atomic mass is 16.7. The predicted molar refractivity (Wildman–Crippen MR) is 156 cm³/mol. The molecular weight excluding hydrogens is 684 g/mol. The van der Waals surface area contributed by atoms with Gasteiger partial charge in [-0.15, -0.1) is 0 Å². The molecule has 1 unspecified atom stereocenters. The van der Waals surface area contributed by atoms with Gasteiger partial charge < -0.3 is 100.0 Å². The van der Waals surface area contributed by atoms with Gasteiger partial charge in [0, 0.05) is 13.8 Å². The zero-order valence-corrected chi connectivity index (χ0v) is 27.3. The smallest absolute Gasteiger partial charge is 0.217 e. The number of carbonyl (C=O) groups is 2. The van der Waals surface area contributed by atoms with Crippen molar-refractivity contribution in [1.82, 2.24) is 10.6 Å². The van der Waals surface area contributed by atoms with Gasteiger partial charge in [-0.05, 0) is 6.92 Å². The maximum atomic E-state index is 12.3. The highest BCUT2D eigenvalue weighted by molar-refractivity contribution is 5.73. The molecule has 0 radical (unpaired) electrons. The summed E-state index contributed by atoms with van der Waals surface area (Å²) in [7, 11) is 0. The number of nitrogens with one attached hydrogen (secondary N) is 2. The van der Waals surface area contributed by atoms with Gasteiger partial charge in [0.15, 0.2) is 25.2 Å². The molecule has 22 heteroatoms. The lowest BCUT2D eigenvalue weighted by Crippen LogP contribution is -2.70. The van der Waals surface area contributed by atoms with E-state index in [9.17, 15) is 65.8 Å². The van der Waals surface area contributed by atoms with Gasteiger partial charge in [0.2, 0.25) is 11.8 Å². The second-order valence-corrected chi connectivity index (χ2v) is 12.6. The summed E-state index contributed by atoms with van der Waals surface area (Å²) in [5.41, 5.74) is 0. The van der Waals surface area contributed by atoms with Crippen LogP contribution < -0.4 is 10.6 Å². The van der Waals surface area contributed by atoms with Crippen LogP contribution >= 0.6 is 0 Å². The minimum atomic E-state index is -2.04. The van der Waals surface area contributed by atoms with E-state index < -0.39 is 154 Å². The number of ether oxygens (including phenoxy) is 7. The third kappa shape index (κ3) is 8.70. The Kier molecular flexibility index (Phi) is 14.2. The Morgan fingerprint density at radius 3 is 1.46 bits per heavy atom. The largest absolute Gasteiger partial charge is 0.394 e. The number of hydrogen-bond donors (Lipinski definition) is 13. The molecule has 0 aliphatic carbocycles. The van der Waals surface area contributed by atoms with Crippen molar-refractivity contribution in [3.05, 3.63) is 0 Å². The first-order valence-corrected chi connectivity index (χ1v) is 15.9. The fourth-order valence-electron chi connectivity index (χ4n) is 6.29. The van der Waals surface area contributed by atoms with Gasteiger partial charge in [0.25, 0.3) is 0 Å². The van der Waals surface area contributed by atoms with E-state index in [-0.39, 0.29) is 0 Å². The molecular formula is C28H48N2O20. The molecule has 13 N–H and O–H groups in total. The van der Waals surface area contributed by atoms with E-state index in [4.69, 9.17) is 33.2 Å². The first-order valence-electron chi connectivity index (χ1n) is 15.9. The van der Waals surface area contributed by atoms with Crippen molar-refractivity contribution in [2.45, 2.75) is 143 Å². The van der Waals surface area contributed by atoms with Crippen LogP contribution in [0.1, 0.15) is 20.8 Å². The van der Waals surface area contributed by atoms with Gasteiger partial charge in [0.1, 0.15) is 91.4 Å². The Labute approximate surface area is 285 Å². The molecule has 0 aromatic carbocycles. The van der Waals surface area contributed by atoms with Crippen molar-refractivity contribution in [2.75, 3.05) is 19.8 Å². The quantitative estimate of drug-likeness (QED) is 0.0938. The normalized spacial score (nSPS) is 48.5. The Bertz CT molecular complexity index is 1130. The monoisotopic (exact) mass is 732 g/mol. The van der Waals surface area contributed by atoms with E-state index in [1.807, 2.05) is 0 Å². The van der Waals surface area contributed by atoms with Crippen molar-refractivity contribution in [3.63, 3.8) is 0 Å². The van der Waals surface area contributed by atoms with Crippen LogP contribution in [0.25, 0.3) is 0 Å². The molecule has 290 valence electrons. The molecule has 4 heterocycles. The second kappa shape index (κ2) is 17.4. The maximum absolute atomic E-state index is 12.3. The standard InChI is InChI=1S/C28H48N2O20/c1-7-15(36)19(40)20(41)27(44-7)49-23-14(30-9(3)35)26(46-11(5-32)17(23)38)50-24-18(39)12(6-33)47-28(21(24)42)48-22-13(29-8(2)34)25(43)45-10(4-31)16(22)37/h7,10-28,31-33,36-43H,4-6H2,1-3H3,(H,29,34)(H,30,35)/t7-,10+,11+,12+,13+,14+,15+,16-,17+,18-,19+,20-,21+,22+,23+,24-,25?,26-,27-,28-/m0/s1. The van der Waals surface area contributed by atoms with Gasteiger partial charge in [0.05, 0.1) is 25.9 Å². The molecule has 0 bridgehead atoms. The topological polar surface area (TPSA) is 345 Å². The minimum absolute atomic E-state index is 0.682. The van der Waals surface area contributed by atoms with Crippen LogP contribution in [-0.4, -0.2) is 211 Å². The van der Waals surface area contributed by atoms with Crippen LogP contribution in [0.3, 0.4) is 0 Å². The van der Waals surface area contributed by atoms with Gasteiger partial charge in [-0.3, -0.25) is 9.59 Å². The zero-order valence-electron chi connectivity index (χ0n) is 27.3. The molecule has 22 nitrogen and oxygen atoms in total. The third-order valence-corrected chi connectivity index (χ3v) is 8.97. The highest BCUT2D eigenvalue weighted by Gasteiger charge is 2.56. The van der Waals surface area contributed by atoms with Crippen LogP contribution in [0, 0.1) is 0 Å². The molecule has 0 saturated carbocycles. The molecule has 0 aromatic rings. The molecule has 0 aromatic heterocycles. The summed E-state index contributed by atoms with van der Waals surface area (Å²) in [5.74, 6) is -1.42. The maximum Gasteiger partial charge on any atom is 0.217 e. The van der Waals surface area contributed by atoms with E-state index in [0.29, 0.717) is 0 Å². The molecule has 4 aliphatic rings. The fraction of sp³-hybridized carbons (Fsp3) is 0.929. The van der Waals surface area contributed by atoms with Crippen LogP contribution in [0.5, 0.6) is 0 Å². The first kappa shape index (κ1) is 41.0. The summed E-state index contributed by atoms with van der Waals surface area (Å²) in [6.07, 6.45) is -30.4. The van der Waals surface area contributed by atoms with Crippen molar-refractivity contribution in [2.24, 2.45) is 0 Å². The van der Waals surface area contributed by atoms with Crippen molar-refractivity contribution >= 4 is 11.8 Å². The Morgan fingerprint density at radius 1 is 0.520 bits per heavy atom. The second-order valence-electron chi connectivity index (χ2n) is 12.6. The van der Waals surface area contributed by atoms with Crippen molar-refractivity contribution < 1.29 is 98.9 Å². The fourth-order valence-corrected chi connectivity index (χ4v) is 6.29. The molecule has 50 heavy (non-hydrogen) atoms. The molecule has 4 saturated heterocycles. The lowest BCUT2D eigenvalue weighted by molar-refractivity contribution is -0.374. The molecule has 4 fully saturated rings. The molecule has 0 spiro atoms. The number of aliphatic hydroxyl groups excluding tert-OH is 11. The first-order chi connectivity index (χ1) is 23.5. The summed E-state index contributed by atoms with van der Waals surface area (Å²) in [6.45, 7) is 0.984. The van der Waals surface area contributed by atoms with E-state index in [1.54, 1.807) is 0 Å². The van der Waals surface area contributed by atoms with Gasteiger partial charge in [-0.25, -0.2) is 0 Å². The van der Waals surface area contributed by atoms with Gasteiger partial charge in [-0.1, -0.05) is 0 Å². The summed E-state index contributed by atoms with van der Waals surface area (Å²) >= 11 is 0. The number of hydrogen-bond acceptors (Lipinski definition) is 20. The van der Waals surface area contributed by atoms with E-state index in [2.05, 4.69) is 10.6 Å². The molecule has 4 rings (SSSR count). The predicted octanol–water partition coefficient (Wildman–Crippen LogP) is -8.43. The minimum Gasteiger partial charge on any atom is -0.394 e. The molecule has 20 atom stereocenters. The van der Waals surface area contributed by atoms with Gasteiger partial charge in [-0.2, -0.15) is 0 Å². The summed E-state index contributed by atoms with van der Waals surface area (Å²) in [6, 6.07) is -3.04. The number of aliphatic hydroxyl groups is 11. The van der Waals surface area contributed by atoms with Crippen LogP contribution in [0.15, 0.2) is 0 Å². The Morgan fingerprint density at radius 2 is 0.940 bits per heavy atom. The van der Waals surface area contributed by atoms with Crippen molar-refractivity contribution in [3.8, 4) is 0 Å². The van der Waals surface area contributed by atoms with E-state index in [0.717, 1.165) is 13.8 Å². The summed E-state index contributed by atoms with van der Waals surface area (Å²) < 4.78 is 39.4. The number of amides is 2. The van der Waals surface area contributed by atoms with Gasteiger partial charge >= 0.3 is 0 Å². The third-order valence-electron chi connectivity index (χ3n) is 8.97. The lowest BCUT2D eigenvalue weighted by atomic mass is 9.94.